The molecule has 4 heteroatoms. The SMILES string of the molecule is CC(C)(C)[Si](C)(C)Oc1ccc2c(c1)CC[C@@H]1[C@@H]2CC[C@@]2(C)[C@H]1CC[C@@]21O[C@H]1CO. The molecule has 0 unspecified atom stereocenters. The van der Waals surface area contributed by atoms with Crippen LogP contribution < -0.4 is 4.43 Å². The number of aliphatic hydroxyl groups is 1. The van der Waals surface area contributed by atoms with Crippen LogP contribution in [0.4, 0.5) is 0 Å². The van der Waals surface area contributed by atoms with Gasteiger partial charge in [0.1, 0.15) is 17.5 Å². The Labute approximate surface area is 183 Å². The van der Waals surface area contributed by atoms with Gasteiger partial charge in [-0.05, 0) is 97.7 Å². The van der Waals surface area contributed by atoms with Gasteiger partial charge in [0.15, 0.2) is 0 Å². The normalized spacial score (nSPS) is 40.0. The van der Waals surface area contributed by atoms with Gasteiger partial charge in [-0.1, -0.05) is 33.8 Å². The molecular formula is C26H40O3Si. The second-order valence-electron chi connectivity index (χ2n) is 12.3. The lowest BCUT2D eigenvalue weighted by molar-refractivity contribution is 0.0119. The number of hydrogen-bond donors (Lipinski definition) is 1. The quantitative estimate of drug-likeness (QED) is 0.470. The van der Waals surface area contributed by atoms with Crippen LogP contribution >= 0.6 is 0 Å². The van der Waals surface area contributed by atoms with Gasteiger partial charge in [0.05, 0.1) is 6.61 Å². The highest BCUT2D eigenvalue weighted by Crippen LogP contribution is 2.71. The fourth-order valence-corrected chi connectivity index (χ4v) is 8.25. The summed E-state index contributed by atoms with van der Waals surface area (Å²) in [7, 11) is -1.81. The van der Waals surface area contributed by atoms with Gasteiger partial charge < -0.3 is 14.3 Å². The topological polar surface area (TPSA) is 42.0 Å². The van der Waals surface area contributed by atoms with Crippen molar-refractivity contribution in [1.29, 1.82) is 0 Å². The molecule has 6 atom stereocenters. The smallest absolute Gasteiger partial charge is 0.250 e. The number of rotatable bonds is 3. The molecule has 166 valence electrons. The van der Waals surface area contributed by atoms with E-state index in [-0.39, 0.29) is 28.8 Å². The van der Waals surface area contributed by atoms with Gasteiger partial charge in [0, 0.05) is 5.41 Å². The maximum absolute atomic E-state index is 9.72. The third kappa shape index (κ3) is 2.82. The lowest BCUT2D eigenvalue weighted by atomic mass is 9.53. The first-order valence-electron chi connectivity index (χ1n) is 12.1. The first-order chi connectivity index (χ1) is 14.0. The van der Waals surface area contributed by atoms with E-state index < -0.39 is 8.32 Å². The van der Waals surface area contributed by atoms with Crippen LogP contribution in [0.25, 0.3) is 0 Å². The Kier molecular flexibility index (Phi) is 4.62. The van der Waals surface area contributed by atoms with Crippen LogP contribution in [-0.2, 0) is 11.2 Å². The molecule has 0 bridgehead atoms. The highest BCUT2D eigenvalue weighted by atomic mass is 28.4. The van der Waals surface area contributed by atoms with Crippen molar-refractivity contribution in [2.45, 2.75) is 102 Å². The van der Waals surface area contributed by atoms with Crippen LogP contribution in [0.5, 0.6) is 5.75 Å². The first-order valence-corrected chi connectivity index (χ1v) is 15.0. The van der Waals surface area contributed by atoms with Crippen molar-refractivity contribution in [3.05, 3.63) is 29.3 Å². The van der Waals surface area contributed by atoms with E-state index in [1.165, 1.54) is 37.7 Å². The summed E-state index contributed by atoms with van der Waals surface area (Å²) >= 11 is 0. The maximum Gasteiger partial charge on any atom is 0.250 e. The second-order valence-corrected chi connectivity index (χ2v) is 17.0. The fourth-order valence-electron chi connectivity index (χ4n) is 7.23. The van der Waals surface area contributed by atoms with Gasteiger partial charge in [0.2, 0.25) is 8.32 Å². The minimum atomic E-state index is -1.81. The van der Waals surface area contributed by atoms with Crippen LogP contribution in [0, 0.1) is 17.3 Å². The van der Waals surface area contributed by atoms with Crippen molar-refractivity contribution in [3.8, 4) is 5.75 Å². The molecule has 3 nitrogen and oxygen atoms in total. The van der Waals surface area contributed by atoms with Crippen LogP contribution in [0.1, 0.15) is 76.8 Å². The summed E-state index contributed by atoms with van der Waals surface area (Å²) in [5, 5.41) is 9.94. The summed E-state index contributed by atoms with van der Waals surface area (Å²) in [6.45, 7) is 14.3. The van der Waals surface area contributed by atoms with Gasteiger partial charge in [-0.25, -0.2) is 0 Å². The van der Waals surface area contributed by atoms with Crippen LogP contribution in [0.2, 0.25) is 18.1 Å². The van der Waals surface area contributed by atoms with E-state index in [0.29, 0.717) is 5.92 Å². The third-order valence-electron chi connectivity index (χ3n) is 10.0. The molecule has 1 N–H and O–H groups in total. The van der Waals surface area contributed by atoms with Gasteiger partial charge in [-0.3, -0.25) is 0 Å². The highest BCUT2D eigenvalue weighted by molar-refractivity contribution is 6.74. The lowest BCUT2D eigenvalue weighted by Crippen LogP contribution is -2.46. The Hall–Kier alpha value is -0.843. The Bertz CT molecular complexity index is 843. The molecule has 0 aromatic heterocycles. The zero-order valence-electron chi connectivity index (χ0n) is 19.8. The first kappa shape index (κ1) is 21.0. The summed E-state index contributed by atoms with van der Waals surface area (Å²) in [5.74, 6) is 3.28. The number of fused-ring (bicyclic) bond motifs is 6. The summed E-state index contributed by atoms with van der Waals surface area (Å²) in [6, 6.07) is 7.01. The van der Waals surface area contributed by atoms with Crippen molar-refractivity contribution < 1.29 is 14.3 Å². The van der Waals surface area contributed by atoms with Gasteiger partial charge in [-0.2, -0.15) is 0 Å². The Morgan fingerprint density at radius 1 is 1.17 bits per heavy atom. The number of benzene rings is 1. The van der Waals surface area contributed by atoms with Crippen molar-refractivity contribution in [2.75, 3.05) is 6.61 Å². The summed E-state index contributed by atoms with van der Waals surface area (Å²) in [6.07, 6.45) is 7.48. The van der Waals surface area contributed by atoms with E-state index in [9.17, 15) is 5.11 Å². The molecule has 1 aromatic rings. The standard InChI is InChI=1S/C26H40O3Si/c1-24(2,3)30(5,6)29-18-8-10-19-17(15-18)7-9-21-20(19)11-13-25(4)22(21)12-14-26(25)23(16-27)28-26/h8,10,15,20-23,27H,7,9,11-14,16H2,1-6H3/t20-,21-,22+,23+,25+,26+/m1/s1. The molecule has 1 aliphatic heterocycles. The van der Waals surface area contributed by atoms with Crippen LogP contribution in [0.15, 0.2) is 18.2 Å². The maximum atomic E-state index is 9.72. The predicted octanol–water partition coefficient (Wildman–Crippen LogP) is 6.06. The molecule has 1 saturated heterocycles. The average Bonchev–Trinajstić information content (AvgIpc) is 3.32. The van der Waals surface area contributed by atoms with E-state index in [0.717, 1.165) is 24.0 Å². The lowest BCUT2D eigenvalue weighted by Gasteiger charge is -2.50. The molecule has 4 aliphatic rings. The zero-order chi connectivity index (χ0) is 21.5. The fraction of sp³-hybridized carbons (Fsp3) is 0.769. The second kappa shape index (κ2) is 6.58. The molecule has 0 radical (unpaired) electrons. The van der Waals surface area contributed by atoms with E-state index in [1.807, 2.05) is 0 Å². The van der Waals surface area contributed by atoms with E-state index in [1.54, 1.807) is 5.56 Å². The molecule has 5 rings (SSSR count). The number of epoxide rings is 1. The van der Waals surface area contributed by atoms with Crippen molar-refractivity contribution in [1.82, 2.24) is 0 Å². The number of ether oxygens (including phenoxy) is 1. The predicted molar refractivity (Wildman–Crippen MR) is 124 cm³/mol. The van der Waals surface area contributed by atoms with Gasteiger partial charge in [-0.15, -0.1) is 0 Å². The minimum absolute atomic E-state index is 0.0153. The molecule has 3 fully saturated rings. The molecule has 0 amide bonds. The number of aliphatic hydroxyl groups excluding tert-OH is 1. The third-order valence-corrected chi connectivity index (χ3v) is 14.4. The summed E-state index contributed by atoms with van der Waals surface area (Å²) < 4.78 is 12.8. The molecule has 1 aromatic carbocycles. The molecule has 1 spiro atoms. The molecule has 30 heavy (non-hydrogen) atoms. The van der Waals surface area contributed by atoms with Crippen molar-refractivity contribution >= 4 is 8.32 Å². The molecule has 1 heterocycles. The number of aryl methyl sites for hydroxylation is 1. The van der Waals surface area contributed by atoms with Crippen molar-refractivity contribution in [2.24, 2.45) is 17.3 Å². The Balaban J connectivity index is 1.38. The summed E-state index contributed by atoms with van der Waals surface area (Å²) in [4.78, 5) is 0. The van der Waals surface area contributed by atoms with E-state index in [4.69, 9.17) is 9.16 Å². The zero-order valence-corrected chi connectivity index (χ0v) is 20.8. The molecule has 2 saturated carbocycles. The highest BCUT2D eigenvalue weighted by Gasteiger charge is 2.73. The minimum Gasteiger partial charge on any atom is -0.543 e. The number of hydrogen-bond acceptors (Lipinski definition) is 3. The Morgan fingerprint density at radius 3 is 2.60 bits per heavy atom. The van der Waals surface area contributed by atoms with Gasteiger partial charge in [0.25, 0.3) is 0 Å². The van der Waals surface area contributed by atoms with Crippen LogP contribution in [0.3, 0.4) is 0 Å². The summed E-state index contributed by atoms with van der Waals surface area (Å²) in [5.41, 5.74) is 3.36. The van der Waals surface area contributed by atoms with Crippen molar-refractivity contribution in [3.63, 3.8) is 0 Å². The Morgan fingerprint density at radius 2 is 1.93 bits per heavy atom. The largest absolute Gasteiger partial charge is 0.543 e. The molecular weight excluding hydrogens is 388 g/mol. The van der Waals surface area contributed by atoms with E-state index in [2.05, 4.69) is 59.0 Å². The monoisotopic (exact) mass is 428 g/mol. The van der Waals surface area contributed by atoms with Gasteiger partial charge >= 0.3 is 0 Å². The average molecular weight is 429 g/mol. The van der Waals surface area contributed by atoms with Crippen LogP contribution in [-0.4, -0.2) is 31.7 Å². The van der Waals surface area contributed by atoms with E-state index >= 15 is 0 Å². The molecule has 3 aliphatic carbocycles.